The summed E-state index contributed by atoms with van der Waals surface area (Å²) in [5, 5.41) is 10.0. The molecule has 0 aliphatic heterocycles. The van der Waals surface area contributed by atoms with Crippen molar-refractivity contribution in [3.05, 3.63) is 83.4 Å². The van der Waals surface area contributed by atoms with Gasteiger partial charge < -0.3 is 10.1 Å². The average Bonchev–Trinajstić information content (AvgIpc) is 3.40. The maximum absolute atomic E-state index is 12.4. The number of hydrogen-bond acceptors (Lipinski definition) is 5. The van der Waals surface area contributed by atoms with E-state index in [4.69, 9.17) is 4.74 Å². The molecule has 0 spiro atoms. The first-order valence-corrected chi connectivity index (χ1v) is 10.2. The molecule has 6 nitrogen and oxygen atoms in total. The van der Waals surface area contributed by atoms with Gasteiger partial charge in [0, 0.05) is 23.1 Å². The van der Waals surface area contributed by atoms with Crippen LogP contribution in [-0.4, -0.2) is 27.8 Å². The van der Waals surface area contributed by atoms with Crippen LogP contribution in [0.3, 0.4) is 0 Å². The summed E-state index contributed by atoms with van der Waals surface area (Å²) in [5.74, 6) is 1.14. The number of ether oxygens (including phenoxy) is 1. The van der Waals surface area contributed by atoms with Gasteiger partial charge in [-0.2, -0.15) is 9.78 Å². The van der Waals surface area contributed by atoms with E-state index in [0.717, 1.165) is 28.3 Å². The van der Waals surface area contributed by atoms with E-state index >= 15 is 0 Å². The maximum Gasteiger partial charge on any atom is 0.249 e. The normalized spacial score (nSPS) is 11.0. The monoisotopic (exact) mass is 416 g/mol. The third kappa shape index (κ3) is 4.47. The van der Waals surface area contributed by atoms with Crippen LogP contribution in [0.1, 0.15) is 11.3 Å². The Kier molecular flexibility index (Phi) is 5.72. The first kappa shape index (κ1) is 19.6. The predicted octanol–water partition coefficient (Wildman–Crippen LogP) is 4.96. The third-order valence-corrected chi connectivity index (χ3v) is 5.18. The summed E-state index contributed by atoms with van der Waals surface area (Å²) in [6, 6.07) is 19.2. The quantitative estimate of drug-likeness (QED) is 0.451. The number of anilines is 1. The van der Waals surface area contributed by atoms with E-state index in [1.165, 1.54) is 17.4 Å². The van der Waals surface area contributed by atoms with Gasteiger partial charge in [0.05, 0.1) is 18.5 Å². The molecular formula is C23H20N4O2S. The van der Waals surface area contributed by atoms with Crippen LogP contribution in [0.4, 0.5) is 5.82 Å². The van der Waals surface area contributed by atoms with E-state index in [-0.39, 0.29) is 5.91 Å². The molecule has 2 heterocycles. The summed E-state index contributed by atoms with van der Waals surface area (Å²) in [5.41, 5.74) is 3.57. The minimum absolute atomic E-state index is 0.230. The number of nitrogens with zero attached hydrogens (tertiary/aromatic N) is 3. The summed E-state index contributed by atoms with van der Waals surface area (Å²) >= 11 is 1.46. The first-order valence-electron chi connectivity index (χ1n) is 9.33. The van der Waals surface area contributed by atoms with Crippen LogP contribution >= 0.6 is 11.3 Å². The zero-order chi connectivity index (χ0) is 20.9. The molecule has 0 saturated carbocycles. The third-order valence-electron chi connectivity index (χ3n) is 4.37. The molecule has 1 N–H and O–H groups in total. The Morgan fingerprint density at radius 3 is 2.63 bits per heavy atom. The molecule has 0 fully saturated rings. The highest BCUT2D eigenvalue weighted by atomic mass is 32.1. The van der Waals surface area contributed by atoms with Gasteiger partial charge in [-0.05, 0) is 42.8 Å². The molecule has 4 rings (SSSR count). The molecule has 30 heavy (non-hydrogen) atoms. The summed E-state index contributed by atoms with van der Waals surface area (Å²) in [7, 11) is 1.64. The smallest absolute Gasteiger partial charge is 0.249 e. The van der Waals surface area contributed by atoms with Gasteiger partial charge in [0.2, 0.25) is 11.0 Å². The lowest BCUT2D eigenvalue weighted by Crippen LogP contribution is -2.12. The highest BCUT2D eigenvalue weighted by Crippen LogP contribution is 2.27. The van der Waals surface area contributed by atoms with Crippen LogP contribution in [0.2, 0.25) is 0 Å². The molecule has 7 heteroatoms. The largest absolute Gasteiger partial charge is 0.497 e. The van der Waals surface area contributed by atoms with Crippen molar-refractivity contribution in [2.75, 3.05) is 12.4 Å². The van der Waals surface area contributed by atoms with Crippen molar-refractivity contribution in [2.24, 2.45) is 0 Å². The molecule has 0 aliphatic rings. The van der Waals surface area contributed by atoms with Crippen LogP contribution in [0.5, 0.6) is 5.75 Å². The van der Waals surface area contributed by atoms with Gasteiger partial charge in [-0.25, -0.2) is 4.98 Å². The second-order valence-corrected chi connectivity index (χ2v) is 7.40. The highest BCUT2D eigenvalue weighted by Gasteiger charge is 2.14. The number of methoxy groups -OCH3 is 1. The molecule has 4 aromatic rings. The van der Waals surface area contributed by atoms with E-state index < -0.39 is 0 Å². The summed E-state index contributed by atoms with van der Waals surface area (Å²) in [4.78, 5) is 17.1. The number of rotatable bonds is 6. The summed E-state index contributed by atoms with van der Waals surface area (Å²) in [6.07, 6.45) is 3.28. The Bertz CT molecular complexity index is 1180. The second-order valence-electron chi connectivity index (χ2n) is 6.56. The lowest BCUT2D eigenvalue weighted by atomic mass is 10.2. The van der Waals surface area contributed by atoms with E-state index in [1.54, 1.807) is 17.9 Å². The number of hydrogen-bond donors (Lipinski definition) is 1. The fraction of sp³-hybridized carbons (Fsp3) is 0.0870. The fourth-order valence-electron chi connectivity index (χ4n) is 2.89. The Balaban J connectivity index is 1.54. The lowest BCUT2D eigenvalue weighted by molar-refractivity contribution is -0.111. The molecule has 1 amide bonds. The van der Waals surface area contributed by atoms with E-state index in [0.29, 0.717) is 10.9 Å². The fourth-order valence-corrected chi connectivity index (χ4v) is 3.69. The highest BCUT2D eigenvalue weighted by molar-refractivity contribution is 7.12. The van der Waals surface area contributed by atoms with Crippen molar-refractivity contribution in [1.82, 2.24) is 14.8 Å². The molecule has 0 aliphatic carbocycles. The van der Waals surface area contributed by atoms with Crippen LogP contribution in [0.25, 0.3) is 22.5 Å². The molecule has 2 aromatic carbocycles. The van der Waals surface area contributed by atoms with Gasteiger partial charge in [-0.1, -0.05) is 30.3 Å². The molecular weight excluding hydrogens is 396 g/mol. The van der Waals surface area contributed by atoms with Crippen molar-refractivity contribution < 1.29 is 9.53 Å². The zero-order valence-corrected chi connectivity index (χ0v) is 17.4. The topological polar surface area (TPSA) is 69.0 Å². The van der Waals surface area contributed by atoms with Crippen molar-refractivity contribution in [1.29, 1.82) is 0 Å². The standard InChI is InChI=1S/C23H20N4O2S/c1-16-14-21(25-22(28)13-8-17-6-4-3-5-7-17)27(26-16)23-24-20(15-30-23)18-9-11-19(29-2)12-10-18/h3-15H,1-2H3,(H,25,28)/b13-8-. The second kappa shape index (κ2) is 8.75. The number of carbonyl (C=O) groups is 1. The first-order chi connectivity index (χ1) is 14.6. The Morgan fingerprint density at radius 1 is 1.13 bits per heavy atom. The van der Waals surface area contributed by atoms with E-state index in [1.807, 2.05) is 73.0 Å². The van der Waals surface area contributed by atoms with Crippen molar-refractivity contribution in [3.63, 3.8) is 0 Å². The molecule has 150 valence electrons. The van der Waals surface area contributed by atoms with Crippen LogP contribution in [0, 0.1) is 6.92 Å². The van der Waals surface area contributed by atoms with Gasteiger partial charge in [-0.15, -0.1) is 11.3 Å². The van der Waals surface area contributed by atoms with E-state index in [9.17, 15) is 4.79 Å². The van der Waals surface area contributed by atoms with Crippen LogP contribution in [0.15, 0.2) is 72.1 Å². The lowest BCUT2D eigenvalue weighted by Gasteiger charge is -2.04. The summed E-state index contributed by atoms with van der Waals surface area (Å²) < 4.78 is 6.86. The number of carbonyl (C=O) groups excluding carboxylic acids is 1. The molecule has 0 unspecified atom stereocenters. The molecule has 0 bridgehead atoms. The number of nitrogens with one attached hydrogen (secondary N) is 1. The molecule has 0 atom stereocenters. The predicted molar refractivity (Wildman–Crippen MR) is 120 cm³/mol. The Labute approximate surface area is 178 Å². The molecule has 2 aromatic heterocycles. The van der Waals surface area contributed by atoms with Gasteiger partial charge >= 0.3 is 0 Å². The van der Waals surface area contributed by atoms with Crippen molar-refractivity contribution >= 4 is 29.1 Å². The molecule has 0 radical (unpaired) electrons. The van der Waals surface area contributed by atoms with Gasteiger partial charge in [-0.3, -0.25) is 4.79 Å². The minimum Gasteiger partial charge on any atom is -0.497 e. The Morgan fingerprint density at radius 2 is 1.90 bits per heavy atom. The van der Waals surface area contributed by atoms with Crippen LogP contribution < -0.4 is 10.1 Å². The van der Waals surface area contributed by atoms with E-state index in [2.05, 4.69) is 15.4 Å². The number of benzene rings is 2. The van der Waals surface area contributed by atoms with Crippen molar-refractivity contribution in [3.8, 4) is 22.1 Å². The zero-order valence-electron chi connectivity index (χ0n) is 16.6. The van der Waals surface area contributed by atoms with Gasteiger partial charge in [0.1, 0.15) is 11.6 Å². The van der Waals surface area contributed by atoms with Crippen LogP contribution in [-0.2, 0) is 4.79 Å². The maximum atomic E-state index is 12.4. The number of aryl methyl sites for hydroxylation is 1. The number of thiazole rings is 1. The average molecular weight is 417 g/mol. The Hall–Kier alpha value is -3.71. The summed E-state index contributed by atoms with van der Waals surface area (Å²) in [6.45, 7) is 1.88. The number of aromatic nitrogens is 3. The minimum atomic E-state index is -0.230. The van der Waals surface area contributed by atoms with Gasteiger partial charge in [0.25, 0.3) is 0 Å². The molecule has 0 saturated heterocycles. The van der Waals surface area contributed by atoms with Gasteiger partial charge in [0.15, 0.2) is 0 Å². The van der Waals surface area contributed by atoms with Crippen molar-refractivity contribution in [2.45, 2.75) is 6.92 Å². The number of amides is 1. The SMILES string of the molecule is COc1ccc(-c2csc(-n3nc(C)cc3NC(=O)/C=C\c3ccccc3)n2)cc1.